The van der Waals surface area contributed by atoms with Crippen molar-refractivity contribution in [3.8, 4) is 11.5 Å². The molecule has 0 amide bonds. The number of hydrogen-bond donors (Lipinski definition) is 1. The molecule has 0 fully saturated rings. The van der Waals surface area contributed by atoms with Gasteiger partial charge in [-0.05, 0) is 60.4 Å². The molecule has 0 spiro atoms. The van der Waals surface area contributed by atoms with Crippen LogP contribution in [0.5, 0.6) is 11.5 Å². The SMILES string of the molecule is CCOc1cc(CNCCCOC)cc(Br)c1OCC.Cl. The summed E-state index contributed by atoms with van der Waals surface area (Å²) >= 11 is 3.55. The first kappa shape index (κ1) is 20.5. The molecule has 0 aliphatic rings. The summed E-state index contributed by atoms with van der Waals surface area (Å²) in [6.45, 7) is 7.69. The first-order valence-electron chi connectivity index (χ1n) is 7.00. The maximum absolute atomic E-state index is 5.65. The number of nitrogens with one attached hydrogen (secondary N) is 1. The highest BCUT2D eigenvalue weighted by Gasteiger charge is 2.11. The Morgan fingerprint density at radius 2 is 1.86 bits per heavy atom. The van der Waals surface area contributed by atoms with E-state index in [2.05, 4.69) is 27.3 Å². The summed E-state index contributed by atoms with van der Waals surface area (Å²) in [6.07, 6.45) is 1.01. The molecule has 0 aromatic heterocycles. The normalized spacial score (nSPS) is 10.1. The maximum atomic E-state index is 5.65. The van der Waals surface area contributed by atoms with Gasteiger partial charge in [0.25, 0.3) is 0 Å². The second kappa shape index (κ2) is 12.1. The number of hydrogen-bond acceptors (Lipinski definition) is 4. The zero-order valence-corrected chi connectivity index (χ0v) is 15.3. The molecule has 0 aliphatic carbocycles. The topological polar surface area (TPSA) is 39.7 Å². The molecule has 0 atom stereocenters. The molecule has 122 valence electrons. The lowest BCUT2D eigenvalue weighted by Crippen LogP contribution is -2.16. The molecule has 1 N–H and O–H groups in total. The Hall–Kier alpha value is -0.490. The molecule has 0 saturated carbocycles. The minimum absolute atomic E-state index is 0. The third-order valence-electron chi connectivity index (χ3n) is 2.69. The van der Waals surface area contributed by atoms with Gasteiger partial charge in [0, 0.05) is 20.3 Å². The molecule has 0 heterocycles. The number of benzene rings is 1. The second-order valence-electron chi connectivity index (χ2n) is 4.29. The summed E-state index contributed by atoms with van der Waals surface area (Å²) in [5.41, 5.74) is 1.17. The molecular formula is C15H25BrClNO3. The van der Waals surface area contributed by atoms with Crippen molar-refractivity contribution in [1.82, 2.24) is 5.32 Å². The van der Waals surface area contributed by atoms with Crippen LogP contribution in [0, 0.1) is 0 Å². The summed E-state index contributed by atoms with van der Waals surface area (Å²) in [6, 6.07) is 4.10. The number of ether oxygens (including phenoxy) is 3. The first-order chi connectivity index (χ1) is 9.72. The maximum Gasteiger partial charge on any atom is 0.175 e. The van der Waals surface area contributed by atoms with Gasteiger partial charge >= 0.3 is 0 Å². The van der Waals surface area contributed by atoms with Crippen LogP contribution in [-0.4, -0.2) is 33.5 Å². The molecule has 4 nitrogen and oxygen atoms in total. The molecule has 0 saturated heterocycles. The van der Waals surface area contributed by atoms with E-state index in [1.807, 2.05) is 19.9 Å². The summed E-state index contributed by atoms with van der Waals surface area (Å²) < 4.78 is 17.2. The fourth-order valence-corrected chi connectivity index (χ4v) is 2.45. The minimum Gasteiger partial charge on any atom is -0.490 e. The minimum atomic E-state index is 0. The first-order valence-corrected chi connectivity index (χ1v) is 7.79. The summed E-state index contributed by atoms with van der Waals surface area (Å²) in [5, 5.41) is 3.39. The summed E-state index contributed by atoms with van der Waals surface area (Å²) in [7, 11) is 1.72. The third kappa shape index (κ3) is 7.36. The van der Waals surface area contributed by atoms with Crippen molar-refractivity contribution in [2.24, 2.45) is 0 Å². The van der Waals surface area contributed by atoms with Gasteiger partial charge in [-0.15, -0.1) is 12.4 Å². The molecule has 0 unspecified atom stereocenters. The van der Waals surface area contributed by atoms with Crippen molar-refractivity contribution >= 4 is 28.3 Å². The lowest BCUT2D eigenvalue weighted by atomic mass is 10.2. The Morgan fingerprint density at radius 3 is 2.48 bits per heavy atom. The molecular weight excluding hydrogens is 358 g/mol. The molecule has 0 aliphatic heterocycles. The van der Waals surface area contributed by atoms with Gasteiger partial charge in [0.2, 0.25) is 0 Å². The largest absolute Gasteiger partial charge is 0.490 e. The van der Waals surface area contributed by atoms with Crippen molar-refractivity contribution in [3.05, 3.63) is 22.2 Å². The summed E-state index contributed by atoms with van der Waals surface area (Å²) in [4.78, 5) is 0. The average Bonchev–Trinajstić information content (AvgIpc) is 2.43. The monoisotopic (exact) mass is 381 g/mol. The summed E-state index contributed by atoms with van der Waals surface area (Å²) in [5.74, 6) is 1.56. The van der Waals surface area contributed by atoms with Gasteiger partial charge < -0.3 is 19.5 Å². The van der Waals surface area contributed by atoms with E-state index < -0.39 is 0 Å². The van der Waals surface area contributed by atoms with Gasteiger partial charge in [-0.2, -0.15) is 0 Å². The third-order valence-corrected chi connectivity index (χ3v) is 3.28. The number of methoxy groups -OCH3 is 1. The zero-order chi connectivity index (χ0) is 14.8. The van der Waals surface area contributed by atoms with Crippen molar-refractivity contribution in [2.75, 3.05) is 33.5 Å². The second-order valence-corrected chi connectivity index (χ2v) is 5.15. The zero-order valence-electron chi connectivity index (χ0n) is 12.9. The Kier molecular flexibility index (Phi) is 11.8. The van der Waals surface area contributed by atoms with Crippen LogP contribution in [0.15, 0.2) is 16.6 Å². The van der Waals surface area contributed by atoms with Crippen LogP contribution in [0.1, 0.15) is 25.8 Å². The van der Waals surface area contributed by atoms with E-state index in [4.69, 9.17) is 14.2 Å². The van der Waals surface area contributed by atoms with Crippen LogP contribution in [0.2, 0.25) is 0 Å². The van der Waals surface area contributed by atoms with Gasteiger partial charge in [-0.1, -0.05) is 0 Å². The Labute approximate surface area is 142 Å². The van der Waals surface area contributed by atoms with Crippen molar-refractivity contribution in [1.29, 1.82) is 0 Å². The van der Waals surface area contributed by atoms with E-state index in [0.717, 1.165) is 42.1 Å². The highest BCUT2D eigenvalue weighted by Crippen LogP contribution is 2.36. The fourth-order valence-electron chi connectivity index (χ4n) is 1.85. The van der Waals surface area contributed by atoms with Crippen LogP contribution in [-0.2, 0) is 11.3 Å². The van der Waals surface area contributed by atoms with E-state index in [-0.39, 0.29) is 12.4 Å². The molecule has 0 radical (unpaired) electrons. The fraction of sp³-hybridized carbons (Fsp3) is 0.600. The number of halogens is 2. The Balaban J connectivity index is 0.00000400. The van der Waals surface area contributed by atoms with Crippen molar-refractivity contribution in [3.63, 3.8) is 0 Å². The highest BCUT2D eigenvalue weighted by molar-refractivity contribution is 9.10. The predicted molar refractivity (Wildman–Crippen MR) is 91.9 cm³/mol. The Bertz CT molecular complexity index is 405. The Morgan fingerprint density at radius 1 is 1.14 bits per heavy atom. The lowest BCUT2D eigenvalue weighted by Gasteiger charge is -2.15. The van der Waals surface area contributed by atoms with Crippen LogP contribution in [0.3, 0.4) is 0 Å². The van der Waals surface area contributed by atoms with Crippen molar-refractivity contribution in [2.45, 2.75) is 26.8 Å². The average molecular weight is 383 g/mol. The van der Waals surface area contributed by atoms with Gasteiger partial charge in [0.1, 0.15) is 0 Å². The smallest absolute Gasteiger partial charge is 0.175 e. The predicted octanol–water partition coefficient (Wildman–Crippen LogP) is 3.79. The van der Waals surface area contributed by atoms with E-state index >= 15 is 0 Å². The quantitative estimate of drug-likeness (QED) is 0.625. The van der Waals surface area contributed by atoms with Crippen LogP contribution in [0.4, 0.5) is 0 Å². The molecule has 21 heavy (non-hydrogen) atoms. The van der Waals surface area contributed by atoms with Gasteiger partial charge in [-0.3, -0.25) is 0 Å². The number of rotatable bonds is 10. The molecule has 1 aromatic carbocycles. The van der Waals surface area contributed by atoms with Crippen LogP contribution >= 0.6 is 28.3 Å². The lowest BCUT2D eigenvalue weighted by molar-refractivity contribution is 0.194. The van der Waals surface area contributed by atoms with Crippen LogP contribution in [0.25, 0.3) is 0 Å². The molecule has 1 aromatic rings. The van der Waals surface area contributed by atoms with Crippen molar-refractivity contribution < 1.29 is 14.2 Å². The van der Waals surface area contributed by atoms with E-state index in [1.165, 1.54) is 5.56 Å². The molecule has 1 rings (SSSR count). The van der Waals surface area contributed by atoms with E-state index in [1.54, 1.807) is 7.11 Å². The van der Waals surface area contributed by atoms with E-state index in [9.17, 15) is 0 Å². The molecule has 6 heteroatoms. The van der Waals surface area contributed by atoms with E-state index in [0.29, 0.717) is 13.2 Å². The highest BCUT2D eigenvalue weighted by atomic mass is 79.9. The van der Waals surface area contributed by atoms with Gasteiger partial charge in [-0.25, -0.2) is 0 Å². The molecule has 0 bridgehead atoms. The van der Waals surface area contributed by atoms with Gasteiger partial charge in [0.15, 0.2) is 11.5 Å². The van der Waals surface area contributed by atoms with Gasteiger partial charge in [0.05, 0.1) is 17.7 Å². The standard InChI is InChI=1S/C15H24BrNO3.ClH/c1-4-19-14-10-12(11-17-7-6-8-18-3)9-13(16)15(14)20-5-2;/h9-10,17H,4-8,11H2,1-3H3;1H. The van der Waals surface area contributed by atoms with Crippen LogP contribution < -0.4 is 14.8 Å².